The van der Waals surface area contributed by atoms with Gasteiger partial charge in [-0.1, -0.05) is 34.4 Å². The average molecular weight is 1290 g/mol. The minimum absolute atomic E-state index is 0.0837. The molecule has 44 heteroatoms. The second-order valence-electron chi connectivity index (χ2n) is 15.9. The van der Waals surface area contributed by atoms with Crippen LogP contribution in [0.5, 0.6) is 0 Å². The molecule has 2 aromatic heterocycles. The molecule has 0 aliphatic rings. The lowest BCUT2D eigenvalue weighted by molar-refractivity contribution is -0.432. The number of nitrogens with one attached hydrogen (secondary N) is 6. The summed E-state index contributed by atoms with van der Waals surface area (Å²) in [5, 5.41) is 77.2. The van der Waals surface area contributed by atoms with Crippen LogP contribution in [0.15, 0.2) is 102 Å². The maximum absolute atomic E-state index is 12.9. The predicted molar refractivity (Wildman–Crippen MR) is 283 cm³/mol. The van der Waals surface area contributed by atoms with Crippen molar-refractivity contribution in [3.8, 4) is 0 Å². The quantitative estimate of drug-likeness (QED) is 0.0100. The number of aromatic nitrogens is 6. The summed E-state index contributed by atoms with van der Waals surface area (Å²) in [4.78, 5) is 67.6. The highest BCUT2D eigenvalue weighted by Gasteiger charge is 2.27. The van der Waals surface area contributed by atoms with E-state index in [4.69, 9.17) is 10.5 Å². The Morgan fingerprint density at radius 2 is 0.798 bits per heavy atom. The molecule has 0 bridgehead atoms. The van der Waals surface area contributed by atoms with Gasteiger partial charge in [0.15, 0.2) is 0 Å². The fourth-order valence-electron chi connectivity index (χ4n) is 6.57. The van der Waals surface area contributed by atoms with Gasteiger partial charge in [-0.2, -0.15) is 63.6 Å². The van der Waals surface area contributed by atoms with Crippen LogP contribution in [-0.4, -0.2) is 149 Å². The van der Waals surface area contributed by atoms with Crippen molar-refractivity contribution < 1.29 is 121 Å². The summed E-state index contributed by atoms with van der Waals surface area (Å²) in [6.45, 7) is 0. The Morgan fingerprint density at radius 1 is 0.464 bits per heavy atom. The Bertz CT molecular complexity index is 3780. The van der Waals surface area contributed by atoms with Crippen molar-refractivity contribution in [2.45, 2.75) is 54.3 Å². The van der Waals surface area contributed by atoms with Gasteiger partial charge in [-0.3, -0.25) is 27.8 Å². The van der Waals surface area contributed by atoms with Gasteiger partial charge < -0.3 is 52.3 Å². The standard InChI is InChI=1S/C40H36N12O26S6/c53-31(54)15-25(33(57)58)45-39-49-35(47-37(51-39)43-23-13-21(81(63,64)65)7-9-27(23)79-77-75-61)41-19-5-3-17(29(11-19)83(69,70)71)1-2-18-4-6-20(12-30(18)84(72,73)74)42-36-48-38(52-40(50-36)46-26(34(59)60)16-32(55)56)44-24-14-22(82(66,67)68)8-10-28(24)80-78-76-62/h1-14,25-26,61-62H,15-16H2,(H,53,54)(H,55,56)(H,57,58)(H,59,60)(H,63,64,65)(H,66,67,68)(H,69,70,71)(H,72,73,74)(H3,41,43,45,47,49,51)(H3,42,44,46,48,50,52)/b2-1+. The lowest BCUT2D eigenvalue weighted by Crippen LogP contribution is -2.32. The van der Waals surface area contributed by atoms with E-state index in [0.717, 1.165) is 84.9 Å². The van der Waals surface area contributed by atoms with Crippen LogP contribution in [0.1, 0.15) is 24.0 Å². The Kier molecular flexibility index (Phi) is 20.9. The summed E-state index contributed by atoms with van der Waals surface area (Å²) < 4.78 is 148. The Hall–Kier alpha value is -8.58. The fraction of sp³-hybridized carbons (Fsp3) is 0.100. The topological polar surface area (TPSA) is 594 Å². The molecular formula is C40H36N12O26S6. The zero-order chi connectivity index (χ0) is 61.9. The van der Waals surface area contributed by atoms with E-state index in [1.54, 1.807) is 0 Å². The third-order valence-corrected chi connectivity index (χ3v) is 14.9. The van der Waals surface area contributed by atoms with Crippen LogP contribution in [0.25, 0.3) is 12.2 Å². The molecule has 2 atom stereocenters. The van der Waals surface area contributed by atoms with Crippen LogP contribution in [0.2, 0.25) is 0 Å². The first-order valence-corrected chi connectivity index (χ1v) is 29.0. The molecule has 2 heterocycles. The predicted octanol–water partition coefficient (Wildman–Crippen LogP) is 3.72. The first-order chi connectivity index (χ1) is 39.3. The third kappa shape index (κ3) is 18.5. The molecule has 2 unspecified atom stereocenters. The molecule has 0 fully saturated rings. The molecule has 0 aliphatic carbocycles. The van der Waals surface area contributed by atoms with E-state index in [-0.39, 0.29) is 67.8 Å². The van der Waals surface area contributed by atoms with Crippen molar-refractivity contribution >= 4 is 159 Å². The largest absolute Gasteiger partial charge is 0.481 e. The SMILES string of the molecule is O=C(O)CC(Nc1nc(Nc2ccc(/C=C/c3ccc(Nc4nc(Nc5cc(S(=O)(=O)O)ccc5SOOO)nc(NC(CC(=O)O)C(=O)O)n4)cc3S(=O)(=O)O)c(S(=O)(=O)O)c2)nc(Nc2cc(S(=O)(=O)O)ccc2SOOO)n1)C(=O)O. The molecule has 6 rings (SSSR count). The molecular weight excluding hydrogens is 1260 g/mol. The van der Waals surface area contributed by atoms with Gasteiger partial charge in [-0.05, 0) is 71.8 Å². The number of anilines is 10. The summed E-state index contributed by atoms with van der Waals surface area (Å²) in [7, 11) is -20.3. The van der Waals surface area contributed by atoms with Crippen molar-refractivity contribution in [1.82, 2.24) is 29.9 Å². The van der Waals surface area contributed by atoms with Crippen molar-refractivity contribution in [1.29, 1.82) is 0 Å². The van der Waals surface area contributed by atoms with Crippen LogP contribution in [0.3, 0.4) is 0 Å². The molecule has 16 N–H and O–H groups in total. The minimum Gasteiger partial charge on any atom is -0.481 e. The minimum atomic E-state index is -5.25. The van der Waals surface area contributed by atoms with E-state index in [0.29, 0.717) is 0 Å². The van der Waals surface area contributed by atoms with E-state index >= 15 is 0 Å². The summed E-state index contributed by atoms with van der Waals surface area (Å²) in [5.74, 6) is -10.3. The molecule has 0 saturated carbocycles. The van der Waals surface area contributed by atoms with E-state index < -0.39 is 145 Å². The second kappa shape index (κ2) is 27.2. The van der Waals surface area contributed by atoms with Crippen LogP contribution >= 0.6 is 24.1 Å². The van der Waals surface area contributed by atoms with Gasteiger partial charge in [0.05, 0.1) is 67.9 Å². The molecule has 4 aromatic carbocycles. The van der Waals surface area contributed by atoms with E-state index in [2.05, 4.69) is 80.5 Å². The fourth-order valence-corrected chi connectivity index (χ4v) is 9.86. The van der Waals surface area contributed by atoms with E-state index in [1.807, 2.05) is 0 Å². The summed E-state index contributed by atoms with van der Waals surface area (Å²) >= 11 is 0.564. The molecule has 38 nitrogen and oxygen atoms in total. The second-order valence-corrected chi connectivity index (χ2v) is 23.0. The molecule has 0 saturated heterocycles. The molecule has 448 valence electrons. The van der Waals surface area contributed by atoms with E-state index in [9.17, 15) is 91.5 Å². The summed E-state index contributed by atoms with van der Waals surface area (Å²) in [5.41, 5.74) is -1.88. The maximum atomic E-state index is 12.9. The number of hydrogen-bond donors (Lipinski definition) is 16. The highest BCUT2D eigenvalue weighted by Crippen LogP contribution is 2.35. The highest BCUT2D eigenvalue weighted by molar-refractivity contribution is 7.95. The van der Waals surface area contributed by atoms with Gasteiger partial charge in [0.2, 0.25) is 35.7 Å². The van der Waals surface area contributed by atoms with Crippen LogP contribution in [0.4, 0.5) is 58.4 Å². The molecule has 0 radical (unpaired) electrons. The lowest BCUT2D eigenvalue weighted by Gasteiger charge is -2.16. The number of carbonyl (C=O) groups is 4. The number of rotatable bonds is 30. The van der Waals surface area contributed by atoms with Gasteiger partial charge in [0, 0.05) is 11.4 Å². The Morgan fingerprint density at radius 3 is 1.10 bits per heavy atom. The van der Waals surface area contributed by atoms with Crippen LogP contribution in [0, 0.1) is 0 Å². The van der Waals surface area contributed by atoms with Gasteiger partial charge in [0.25, 0.3) is 40.5 Å². The number of carboxylic acid groups (broad SMARTS) is 4. The van der Waals surface area contributed by atoms with Crippen molar-refractivity contribution in [3.05, 3.63) is 83.9 Å². The van der Waals surface area contributed by atoms with Gasteiger partial charge in [-0.25, -0.2) is 20.1 Å². The number of aliphatic carboxylic acids is 4. The zero-order valence-electron chi connectivity index (χ0n) is 40.8. The molecule has 84 heavy (non-hydrogen) atoms. The van der Waals surface area contributed by atoms with Crippen LogP contribution in [-0.2, 0) is 78.4 Å². The van der Waals surface area contributed by atoms with Gasteiger partial charge >= 0.3 is 23.9 Å². The maximum Gasteiger partial charge on any atom is 0.326 e. The lowest BCUT2D eigenvalue weighted by atomic mass is 10.1. The normalized spacial score (nSPS) is 12.7. The average Bonchev–Trinajstić information content (AvgIpc) is 2.10. The first-order valence-electron chi connectivity index (χ1n) is 21.8. The van der Waals surface area contributed by atoms with Gasteiger partial charge in [-0.15, -0.1) is 8.67 Å². The van der Waals surface area contributed by atoms with Gasteiger partial charge in [0.1, 0.15) is 21.9 Å². The van der Waals surface area contributed by atoms with Crippen molar-refractivity contribution in [3.63, 3.8) is 0 Å². The Labute approximate surface area is 477 Å². The Balaban J connectivity index is 1.37. The molecule has 0 amide bonds. The highest BCUT2D eigenvalue weighted by atomic mass is 32.2. The molecule has 6 aromatic rings. The van der Waals surface area contributed by atoms with E-state index in [1.165, 1.54) is 0 Å². The van der Waals surface area contributed by atoms with Crippen LogP contribution < -0.4 is 31.9 Å². The number of carboxylic acids is 4. The van der Waals surface area contributed by atoms with Crippen molar-refractivity contribution in [2.75, 3.05) is 31.9 Å². The molecule has 0 aliphatic heterocycles. The zero-order valence-corrected chi connectivity index (χ0v) is 45.7. The number of benzene rings is 4. The molecule has 0 spiro atoms. The monoisotopic (exact) mass is 1290 g/mol. The van der Waals surface area contributed by atoms with Crippen molar-refractivity contribution in [2.24, 2.45) is 0 Å². The third-order valence-electron chi connectivity index (χ3n) is 10.1. The number of nitrogens with zero attached hydrogens (tertiary/aromatic N) is 6. The summed E-state index contributed by atoms with van der Waals surface area (Å²) in [6.07, 6.45) is -0.149. The summed E-state index contributed by atoms with van der Waals surface area (Å²) in [6, 6.07) is 7.72. The number of hydrogen-bond acceptors (Lipinski definition) is 32. The first kappa shape index (κ1) is 64.6. The smallest absolute Gasteiger partial charge is 0.326 e.